The fraction of sp³-hybridized carbons (Fsp3) is 0.586. The molecule has 0 spiro atoms. The second-order valence-corrected chi connectivity index (χ2v) is 12.9. The lowest BCUT2D eigenvalue weighted by Crippen LogP contribution is -2.53. The molecule has 15 heteroatoms. The van der Waals surface area contributed by atoms with E-state index in [1.807, 2.05) is 6.92 Å². The Balaban J connectivity index is 1.62. The number of carbonyl (C=O) groups is 2. The number of halogens is 2. The molecular formula is C29H38BrFN6O7. The first-order valence-electron chi connectivity index (χ1n) is 14.3. The normalized spacial score (nSPS) is 20.3. The van der Waals surface area contributed by atoms with Crippen LogP contribution in [-0.2, 0) is 19.0 Å². The number of hydrogen-bond acceptors (Lipinski definition) is 10. The zero-order valence-corrected chi connectivity index (χ0v) is 27.2. The third-order valence-corrected chi connectivity index (χ3v) is 8.28. The molecule has 4 rings (SSSR count). The summed E-state index contributed by atoms with van der Waals surface area (Å²) in [5, 5.41) is 17.6. The highest BCUT2D eigenvalue weighted by molar-refractivity contribution is 9.09. The zero-order valence-electron chi connectivity index (χ0n) is 25.6. The molecule has 1 aromatic heterocycles. The number of nitro groups is 1. The standard InChI is InChI=1S/C29H38BrFN6O7/c1-16-19(8-7-9-20(16)37(40)41)17(2)32-24-21(26-42-12-13-43-26)23(33-18(3)34-24)22(30)25(38)35-29(14-31)10-11-36(15-29)27(39)44-28(4,5)6/h7-9,17,22,26H,10-15H2,1-6H3,(H,35,38)(H,32,33,34)/t17-,22?,29?/m1/s1. The Morgan fingerprint density at radius 1 is 1.27 bits per heavy atom. The van der Waals surface area contributed by atoms with E-state index in [0.717, 1.165) is 0 Å². The fourth-order valence-corrected chi connectivity index (χ4v) is 5.77. The average molecular weight is 682 g/mol. The van der Waals surface area contributed by atoms with Crippen LogP contribution in [0.25, 0.3) is 0 Å². The second-order valence-electron chi connectivity index (χ2n) is 12.0. The Morgan fingerprint density at radius 2 is 1.95 bits per heavy atom. The van der Waals surface area contributed by atoms with Gasteiger partial charge in [0.25, 0.3) is 5.69 Å². The Kier molecular flexibility index (Phi) is 10.1. The minimum Gasteiger partial charge on any atom is -0.444 e. The van der Waals surface area contributed by atoms with Crippen LogP contribution in [0.2, 0.25) is 0 Å². The van der Waals surface area contributed by atoms with Crippen molar-refractivity contribution in [3.8, 4) is 0 Å². The van der Waals surface area contributed by atoms with Crippen LogP contribution in [0, 0.1) is 24.0 Å². The van der Waals surface area contributed by atoms with Crippen molar-refractivity contribution in [2.75, 3.05) is 38.3 Å². The molecular weight excluding hydrogens is 643 g/mol. The highest BCUT2D eigenvalue weighted by atomic mass is 79.9. The maximum absolute atomic E-state index is 14.5. The lowest BCUT2D eigenvalue weighted by atomic mass is 9.99. The van der Waals surface area contributed by atoms with Gasteiger partial charge in [0.15, 0.2) is 6.29 Å². The molecule has 0 aliphatic carbocycles. The smallest absolute Gasteiger partial charge is 0.410 e. The SMILES string of the molecule is Cc1nc(N[C@H](C)c2cccc([N+](=O)[O-])c2C)c(C2OCCO2)c(C(Br)C(=O)NC2(CF)CCN(C(=O)OC(C)(C)C)C2)n1. The van der Waals surface area contributed by atoms with E-state index in [2.05, 4.69) is 36.5 Å². The Labute approximate surface area is 263 Å². The Morgan fingerprint density at radius 3 is 2.57 bits per heavy atom. The largest absolute Gasteiger partial charge is 0.444 e. The summed E-state index contributed by atoms with van der Waals surface area (Å²) in [6.07, 6.45) is -1.28. The third kappa shape index (κ3) is 7.44. The molecule has 1 aromatic carbocycles. The van der Waals surface area contributed by atoms with Gasteiger partial charge in [-0.05, 0) is 53.5 Å². The number of nitrogens with zero attached hydrogens (tertiary/aromatic N) is 4. The summed E-state index contributed by atoms with van der Waals surface area (Å²) in [4.78, 5) is 46.8. The van der Waals surface area contributed by atoms with Crippen LogP contribution in [-0.4, -0.2) is 75.9 Å². The molecule has 0 bridgehead atoms. The molecule has 2 aliphatic rings. The Bertz CT molecular complexity index is 1420. The number of rotatable bonds is 9. The number of benzene rings is 1. The highest BCUT2D eigenvalue weighted by Crippen LogP contribution is 2.39. The van der Waals surface area contributed by atoms with Gasteiger partial charge in [-0.3, -0.25) is 14.9 Å². The van der Waals surface area contributed by atoms with E-state index in [4.69, 9.17) is 14.2 Å². The van der Waals surface area contributed by atoms with Gasteiger partial charge in [0.1, 0.15) is 28.7 Å². The minimum atomic E-state index is -1.31. The first kappa shape index (κ1) is 33.5. The van der Waals surface area contributed by atoms with E-state index in [0.29, 0.717) is 41.5 Å². The summed E-state index contributed by atoms with van der Waals surface area (Å²) in [5.41, 5.74) is -0.216. The third-order valence-electron chi connectivity index (χ3n) is 7.43. The predicted octanol–water partition coefficient (Wildman–Crippen LogP) is 5.12. The van der Waals surface area contributed by atoms with Crippen LogP contribution in [0.4, 0.5) is 20.7 Å². The molecule has 44 heavy (non-hydrogen) atoms. The summed E-state index contributed by atoms with van der Waals surface area (Å²) in [6.45, 7) is 10.3. The van der Waals surface area contributed by atoms with Gasteiger partial charge in [0.05, 0.1) is 41.0 Å². The average Bonchev–Trinajstić information content (AvgIpc) is 3.62. The van der Waals surface area contributed by atoms with Gasteiger partial charge >= 0.3 is 6.09 Å². The summed E-state index contributed by atoms with van der Waals surface area (Å²) in [6, 6.07) is 4.41. The van der Waals surface area contributed by atoms with Crippen molar-refractivity contribution in [2.45, 2.75) is 76.3 Å². The molecule has 2 N–H and O–H groups in total. The molecule has 2 saturated heterocycles. The van der Waals surface area contributed by atoms with Gasteiger partial charge in [-0.25, -0.2) is 19.2 Å². The van der Waals surface area contributed by atoms with Gasteiger partial charge in [-0.15, -0.1) is 0 Å². The number of anilines is 1. The van der Waals surface area contributed by atoms with Gasteiger partial charge < -0.3 is 29.7 Å². The number of nitro benzene ring substituents is 1. The van der Waals surface area contributed by atoms with Crippen LogP contribution < -0.4 is 10.6 Å². The molecule has 2 aromatic rings. The van der Waals surface area contributed by atoms with E-state index < -0.39 is 51.9 Å². The molecule has 0 saturated carbocycles. The van der Waals surface area contributed by atoms with Crippen LogP contribution in [0.1, 0.15) is 79.5 Å². The van der Waals surface area contributed by atoms with E-state index in [-0.39, 0.29) is 30.9 Å². The first-order valence-corrected chi connectivity index (χ1v) is 15.2. The molecule has 2 amide bonds. The number of ether oxygens (including phenoxy) is 3. The summed E-state index contributed by atoms with van der Waals surface area (Å²) >= 11 is 3.47. The number of aryl methyl sites for hydroxylation is 1. The maximum atomic E-state index is 14.5. The van der Waals surface area contributed by atoms with Crippen LogP contribution >= 0.6 is 15.9 Å². The number of likely N-dealkylation sites (tertiary alicyclic amines) is 1. The second kappa shape index (κ2) is 13.3. The van der Waals surface area contributed by atoms with Crippen molar-refractivity contribution in [1.82, 2.24) is 20.2 Å². The highest BCUT2D eigenvalue weighted by Gasteiger charge is 2.44. The summed E-state index contributed by atoms with van der Waals surface area (Å²) in [5.74, 6) is 0.0911. The lowest BCUT2D eigenvalue weighted by molar-refractivity contribution is -0.385. The predicted molar refractivity (Wildman–Crippen MR) is 162 cm³/mol. The number of hydrogen-bond donors (Lipinski definition) is 2. The van der Waals surface area contributed by atoms with Crippen LogP contribution in [0.3, 0.4) is 0 Å². The number of alkyl halides is 2. The molecule has 13 nitrogen and oxygen atoms in total. The minimum absolute atomic E-state index is 0.00507. The molecule has 0 radical (unpaired) electrons. The number of aromatic nitrogens is 2. The van der Waals surface area contributed by atoms with Crippen molar-refractivity contribution in [1.29, 1.82) is 0 Å². The molecule has 2 aliphatic heterocycles. The Hall–Kier alpha value is -3.43. The topological polar surface area (TPSA) is 158 Å². The maximum Gasteiger partial charge on any atom is 0.410 e. The van der Waals surface area contributed by atoms with E-state index >= 15 is 0 Å². The van der Waals surface area contributed by atoms with Crippen molar-refractivity contribution < 1.29 is 33.1 Å². The first-order chi connectivity index (χ1) is 20.6. The van der Waals surface area contributed by atoms with E-state index in [1.54, 1.807) is 46.8 Å². The molecule has 3 heterocycles. The monoisotopic (exact) mass is 680 g/mol. The fourth-order valence-electron chi connectivity index (χ4n) is 5.30. The quantitative estimate of drug-likeness (QED) is 0.207. The van der Waals surface area contributed by atoms with Crippen molar-refractivity contribution in [2.24, 2.45) is 0 Å². The lowest BCUT2D eigenvalue weighted by Gasteiger charge is -2.30. The van der Waals surface area contributed by atoms with Gasteiger partial charge in [-0.2, -0.15) is 0 Å². The van der Waals surface area contributed by atoms with Crippen LogP contribution in [0.15, 0.2) is 18.2 Å². The zero-order chi connectivity index (χ0) is 32.4. The number of amides is 2. The van der Waals surface area contributed by atoms with Crippen molar-refractivity contribution in [3.63, 3.8) is 0 Å². The van der Waals surface area contributed by atoms with Gasteiger partial charge in [-0.1, -0.05) is 28.1 Å². The number of nitrogens with one attached hydrogen (secondary N) is 2. The molecule has 2 unspecified atom stereocenters. The summed E-state index contributed by atoms with van der Waals surface area (Å²) < 4.78 is 31.5. The summed E-state index contributed by atoms with van der Waals surface area (Å²) in [7, 11) is 0. The van der Waals surface area contributed by atoms with E-state index in [1.165, 1.54) is 11.0 Å². The molecule has 2 fully saturated rings. The van der Waals surface area contributed by atoms with E-state index in [9.17, 15) is 24.1 Å². The van der Waals surface area contributed by atoms with Crippen molar-refractivity contribution >= 4 is 39.4 Å². The molecule has 240 valence electrons. The van der Waals surface area contributed by atoms with Crippen molar-refractivity contribution in [3.05, 3.63) is 56.5 Å². The van der Waals surface area contributed by atoms with Gasteiger partial charge in [0, 0.05) is 24.7 Å². The molecule has 3 atom stereocenters. The number of carbonyl (C=O) groups excluding carboxylic acids is 2. The van der Waals surface area contributed by atoms with Gasteiger partial charge in [0.2, 0.25) is 5.91 Å². The van der Waals surface area contributed by atoms with Crippen LogP contribution in [0.5, 0.6) is 0 Å².